The zero-order chi connectivity index (χ0) is 21.2. The molecule has 0 fully saturated rings. The maximum atomic E-state index is 13.1. The molecule has 2 aromatic carbocycles. The summed E-state index contributed by atoms with van der Waals surface area (Å²) in [4.78, 5) is 26.7. The van der Waals surface area contributed by atoms with Crippen molar-refractivity contribution >= 4 is 27.3 Å². The van der Waals surface area contributed by atoms with E-state index in [-0.39, 0.29) is 33.1 Å². The number of hydrogen-bond acceptors (Lipinski definition) is 6. The van der Waals surface area contributed by atoms with Crippen LogP contribution < -0.4 is 4.72 Å². The second kappa shape index (κ2) is 7.76. The molecule has 0 aliphatic heterocycles. The molecule has 10 heteroatoms. The van der Waals surface area contributed by atoms with Crippen LogP contribution in [-0.4, -0.2) is 24.1 Å². The fraction of sp³-hybridized carbons (Fsp3) is 0.0526. The molecular formula is C19H14FN3O5S. The SMILES string of the molecule is Cc1cc(S(=O)(=O)Nc2ncccc2C(=O)c2ccc(F)cc2)ccc1[N+](=O)[O-]. The number of hydrogen-bond donors (Lipinski definition) is 1. The van der Waals surface area contributed by atoms with E-state index in [0.29, 0.717) is 0 Å². The molecule has 0 aliphatic rings. The molecule has 0 atom stereocenters. The molecule has 0 saturated heterocycles. The Kier molecular flexibility index (Phi) is 5.37. The van der Waals surface area contributed by atoms with Crippen molar-refractivity contribution in [2.45, 2.75) is 11.8 Å². The fourth-order valence-corrected chi connectivity index (χ4v) is 3.73. The Bertz CT molecular complexity index is 1210. The Hall–Kier alpha value is -3.66. The van der Waals surface area contributed by atoms with Crippen LogP contribution in [0.15, 0.2) is 65.7 Å². The lowest BCUT2D eigenvalue weighted by molar-refractivity contribution is -0.385. The Morgan fingerprint density at radius 2 is 1.83 bits per heavy atom. The number of aromatic nitrogens is 1. The monoisotopic (exact) mass is 415 g/mol. The molecule has 0 saturated carbocycles. The number of nitrogens with zero attached hydrogens (tertiary/aromatic N) is 2. The first-order valence-electron chi connectivity index (χ1n) is 8.22. The Morgan fingerprint density at radius 3 is 2.45 bits per heavy atom. The number of sulfonamides is 1. The standard InChI is InChI=1S/C19H14FN3O5S/c1-12-11-15(8-9-17(12)23(25)26)29(27,28)22-19-16(3-2-10-21-19)18(24)13-4-6-14(20)7-5-13/h2-11H,1H3,(H,21,22). The summed E-state index contributed by atoms with van der Waals surface area (Å²) in [5.41, 5.74) is 0.0859. The van der Waals surface area contributed by atoms with Crippen LogP contribution in [0.5, 0.6) is 0 Å². The van der Waals surface area contributed by atoms with Gasteiger partial charge in [0.05, 0.1) is 15.4 Å². The Labute approximate surface area is 165 Å². The number of aryl methyl sites for hydroxylation is 1. The molecule has 0 spiro atoms. The minimum absolute atomic E-state index is 0.0266. The highest BCUT2D eigenvalue weighted by molar-refractivity contribution is 7.92. The number of benzene rings is 2. The fourth-order valence-electron chi connectivity index (χ4n) is 2.61. The van der Waals surface area contributed by atoms with Crippen molar-refractivity contribution in [2.75, 3.05) is 4.72 Å². The molecular weight excluding hydrogens is 401 g/mol. The van der Waals surface area contributed by atoms with Gasteiger partial charge in [-0.25, -0.2) is 17.8 Å². The summed E-state index contributed by atoms with van der Waals surface area (Å²) < 4.78 is 40.8. The maximum Gasteiger partial charge on any atom is 0.272 e. The third-order valence-corrected chi connectivity index (χ3v) is 5.40. The van der Waals surface area contributed by atoms with E-state index >= 15 is 0 Å². The summed E-state index contributed by atoms with van der Waals surface area (Å²) in [6.07, 6.45) is 1.31. The van der Waals surface area contributed by atoms with E-state index in [9.17, 15) is 27.7 Å². The second-order valence-corrected chi connectivity index (χ2v) is 7.73. The van der Waals surface area contributed by atoms with Gasteiger partial charge < -0.3 is 0 Å². The average Bonchev–Trinajstić information content (AvgIpc) is 2.68. The largest absolute Gasteiger partial charge is 0.288 e. The van der Waals surface area contributed by atoms with Gasteiger partial charge in [-0.2, -0.15) is 0 Å². The van der Waals surface area contributed by atoms with Crippen LogP contribution in [0.1, 0.15) is 21.5 Å². The van der Waals surface area contributed by atoms with Crippen molar-refractivity contribution in [1.82, 2.24) is 4.98 Å². The Morgan fingerprint density at radius 1 is 1.14 bits per heavy atom. The number of nitro benzene ring substituents is 1. The maximum absolute atomic E-state index is 13.1. The van der Waals surface area contributed by atoms with Crippen molar-refractivity contribution in [3.8, 4) is 0 Å². The van der Waals surface area contributed by atoms with Crippen molar-refractivity contribution in [3.05, 3.63) is 93.4 Å². The highest BCUT2D eigenvalue weighted by Gasteiger charge is 2.22. The van der Waals surface area contributed by atoms with Gasteiger partial charge in [0.15, 0.2) is 11.6 Å². The van der Waals surface area contributed by atoms with E-state index in [1.54, 1.807) is 0 Å². The van der Waals surface area contributed by atoms with Crippen LogP contribution in [0, 0.1) is 22.9 Å². The lowest BCUT2D eigenvalue weighted by atomic mass is 10.0. The van der Waals surface area contributed by atoms with E-state index in [4.69, 9.17) is 0 Å². The van der Waals surface area contributed by atoms with Crippen LogP contribution in [0.25, 0.3) is 0 Å². The molecule has 29 heavy (non-hydrogen) atoms. The smallest absolute Gasteiger partial charge is 0.272 e. The van der Waals surface area contributed by atoms with Gasteiger partial charge in [-0.15, -0.1) is 0 Å². The van der Waals surface area contributed by atoms with Crippen molar-refractivity contribution < 1.29 is 22.5 Å². The van der Waals surface area contributed by atoms with Gasteiger partial charge in [-0.1, -0.05) is 0 Å². The molecule has 0 aliphatic carbocycles. The summed E-state index contributed by atoms with van der Waals surface area (Å²) in [7, 11) is -4.17. The highest BCUT2D eigenvalue weighted by Crippen LogP contribution is 2.24. The summed E-state index contributed by atoms with van der Waals surface area (Å²) in [5, 5.41) is 10.9. The highest BCUT2D eigenvalue weighted by atomic mass is 32.2. The van der Waals surface area contributed by atoms with Gasteiger partial charge >= 0.3 is 0 Å². The molecule has 3 rings (SSSR count). The molecule has 1 heterocycles. The van der Waals surface area contributed by atoms with Crippen LogP contribution in [0.3, 0.4) is 0 Å². The van der Waals surface area contributed by atoms with Crippen LogP contribution in [-0.2, 0) is 10.0 Å². The van der Waals surface area contributed by atoms with Crippen molar-refractivity contribution in [2.24, 2.45) is 0 Å². The molecule has 8 nitrogen and oxygen atoms in total. The van der Waals surface area contributed by atoms with Crippen molar-refractivity contribution in [3.63, 3.8) is 0 Å². The number of pyridine rings is 1. The molecule has 0 radical (unpaired) electrons. The molecule has 148 valence electrons. The van der Waals surface area contributed by atoms with E-state index < -0.39 is 26.5 Å². The first-order chi connectivity index (χ1) is 13.7. The van der Waals surface area contributed by atoms with Gasteiger partial charge in [-0.05, 0) is 55.5 Å². The van der Waals surface area contributed by atoms with Crippen LogP contribution in [0.4, 0.5) is 15.9 Å². The van der Waals surface area contributed by atoms with Gasteiger partial charge in [0, 0.05) is 23.4 Å². The van der Waals surface area contributed by atoms with Crippen LogP contribution >= 0.6 is 0 Å². The predicted octanol–water partition coefficient (Wildman–Crippen LogP) is 3.47. The zero-order valence-corrected chi connectivity index (χ0v) is 15.8. The normalized spacial score (nSPS) is 11.1. The van der Waals surface area contributed by atoms with Gasteiger partial charge in [0.25, 0.3) is 15.7 Å². The number of nitrogens with one attached hydrogen (secondary N) is 1. The zero-order valence-electron chi connectivity index (χ0n) is 15.0. The summed E-state index contributed by atoms with van der Waals surface area (Å²) in [6.45, 7) is 1.42. The molecule has 1 aromatic heterocycles. The van der Waals surface area contributed by atoms with Gasteiger partial charge in [0.1, 0.15) is 5.82 Å². The number of carbonyl (C=O) groups is 1. The molecule has 3 aromatic rings. The average molecular weight is 415 g/mol. The minimum atomic E-state index is -4.17. The number of nitro groups is 1. The number of ketones is 1. The molecule has 0 amide bonds. The van der Waals surface area contributed by atoms with Crippen molar-refractivity contribution in [1.29, 1.82) is 0 Å². The first kappa shape index (κ1) is 20.1. The number of halogens is 1. The lowest BCUT2D eigenvalue weighted by Gasteiger charge is -2.11. The third kappa shape index (κ3) is 4.27. The molecule has 1 N–H and O–H groups in total. The van der Waals surface area contributed by atoms with E-state index in [0.717, 1.165) is 30.3 Å². The second-order valence-electron chi connectivity index (χ2n) is 6.05. The van der Waals surface area contributed by atoms with E-state index in [2.05, 4.69) is 9.71 Å². The number of carbonyl (C=O) groups excluding carboxylic acids is 1. The minimum Gasteiger partial charge on any atom is -0.288 e. The summed E-state index contributed by atoms with van der Waals surface area (Å²) in [5.74, 6) is -1.27. The number of anilines is 1. The van der Waals surface area contributed by atoms with E-state index in [1.165, 1.54) is 37.4 Å². The Balaban J connectivity index is 1.96. The lowest BCUT2D eigenvalue weighted by Crippen LogP contribution is -2.17. The predicted molar refractivity (Wildman–Crippen MR) is 103 cm³/mol. The van der Waals surface area contributed by atoms with E-state index in [1.807, 2.05) is 0 Å². The molecule has 0 bridgehead atoms. The quantitative estimate of drug-likeness (QED) is 0.374. The molecule has 0 unspecified atom stereocenters. The van der Waals surface area contributed by atoms with Crippen LogP contribution in [0.2, 0.25) is 0 Å². The third-order valence-electron chi connectivity index (χ3n) is 4.07. The summed E-state index contributed by atoms with van der Waals surface area (Å²) >= 11 is 0. The van der Waals surface area contributed by atoms with Gasteiger partial charge in [-0.3, -0.25) is 19.6 Å². The first-order valence-corrected chi connectivity index (χ1v) is 9.70. The number of rotatable bonds is 6. The summed E-state index contributed by atoms with van der Waals surface area (Å²) in [6, 6.07) is 11.0. The van der Waals surface area contributed by atoms with Gasteiger partial charge in [0.2, 0.25) is 0 Å². The topological polar surface area (TPSA) is 119 Å².